The fraction of sp³-hybridized carbons (Fsp3) is 0.0556. The van der Waals surface area contributed by atoms with Gasteiger partial charge in [0.05, 0.1) is 11.8 Å². The largest absolute Gasteiger partial charge is 0.292 e. The highest BCUT2D eigenvalue weighted by Crippen LogP contribution is 2.22. The fourth-order valence-corrected chi connectivity index (χ4v) is 2.32. The average molecular weight is 272 g/mol. The first-order valence-corrected chi connectivity index (χ1v) is 6.63. The van der Waals surface area contributed by atoms with Crippen LogP contribution in [-0.4, -0.2) is 10.8 Å². The third-order valence-electron chi connectivity index (χ3n) is 3.41. The van der Waals surface area contributed by atoms with Gasteiger partial charge in [-0.15, -0.1) is 0 Å². The summed E-state index contributed by atoms with van der Waals surface area (Å²) in [6.45, 7) is 0. The number of hydrogen-bond donors (Lipinski definition) is 0. The molecule has 0 N–H and O–H groups in total. The molecule has 3 nitrogen and oxygen atoms in total. The number of aromatic nitrogens is 1. The Bertz CT molecular complexity index is 834. The van der Waals surface area contributed by atoms with Crippen LogP contribution >= 0.6 is 0 Å². The van der Waals surface area contributed by atoms with E-state index >= 15 is 0 Å². The van der Waals surface area contributed by atoms with Gasteiger partial charge < -0.3 is 0 Å². The molecule has 1 aromatic heterocycles. The number of rotatable bonds is 3. The number of pyridine rings is 1. The third-order valence-corrected chi connectivity index (χ3v) is 3.41. The minimum atomic E-state index is -0.868. The van der Waals surface area contributed by atoms with E-state index < -0.39 is 5.92 Å². The summed E-state index contributed by atoms with van der Waals surface area (Å²) in [5.41, 5.74) is 1.02. The molecule has 0 aliphatic heterocycles. The number of fused-ring (bicyclic) bond motifs is 1. The molecule has 0 bridgehead atoms. The maximum Gasteiger partial charge on any atom is 0.186 e. The average Bonchev–Trinajstić information content (AvgIpc) is 2.56. The number of carbonyl (C=O) groups excluding carboxylic acids is 1. The molecule has 3 aromatic rings. The van der Waals surface area contributed by atoms with E-state index in [0.29, 0.717) is 11.3 Å². The SMILES string of the molecule is N#CC(C(=O)c1ccc2ccccc2c1)c1ccccn1. The van der Waals surface area contributed by atoms with E-state index in [2.05, 4.69) is 11.1 Å². The van der Waals surface area contributed by atoms with Gasteiger partial charge in [0.1, 0.15) is 0 Å². The van der Waals surface area contributed by atoms with Crippen molar-refractivity contribution in [2.75, 3.05) is 0 Å². The lowest BCUT2D eigenvalue weighted by atomic mass is 9.94. The number of nitrogens with zero attached hydrogens (tertiary/aromatic N) is 2. The molecule has 0 aliphatic carbocycles. The molecule has 1 unspecified atom stereocenters. The standard InChI is InChI=1S/C18H12N2O/c19-12-16(17-7-3-4-10-20-17)18(21)15-9-8-13-5-1-2-6-14(13)11-15/h1-11,16H. The van der Waals surface area contributed by atoms with Gasteiger partial charge in [-0.25, -0.2) is 0 Å². The van der Waals surface area contributed by atoms with Gasteiger partial charge in [-0.3, -0.25) is 9.78 Å². The van der Waals surface area contributed by atoms with Crippen LogP contribution in [0.2, 0.25) is 0 Å². The van der Waals surface area contributed by atoms with Gasteiger partial charge in [0.25, 0.3) is 0 Å². The normalized spacial score (nSPS) is 11.8. The van der Waals surface area contributed by atoms with Crippen molar-refractivity contribution in [1.29, 1.82) is 5.26 Å². The van der Waals surface area contributed by atoms with Gasteiger partial charge in [0.15, 0.2) is 11.7 Å². The van der Waals surface area contributed by atoms with Crippen molar-refractivity contribution in [2.45, 2.75) is 5.92 Å². The molecule has 3 rings (SSSR count). The van der Waals surface area contributed by atoms with Gasteiger partial charge in [-0.05, 0) is 29.0 Å². The minimum Gasteiger partial charge on any atom is -0.292 e. The van der Waals surface area contributed by atoms with Crippen molar-refractivity contribution in [2.24, 2.45) is 0 Å². The van der Waals surface area contributed by atoms with Gasteiger partial charge in [-0.2, -0.15) is 5.26 Å². The van der Waals surface area contributed by atoms with Crippen LogP contribution in [0.5, 0.6) is 0 Å². The van der Waals surface area contributed by atoms with Gasteiger partial charge in [0, 0.05) is 11.8 Å². The topological polar surface area (TPSA) is 53.8 Å². The van der Waals surface area contributed by atoms with Crippen molar-refractivity contribution in [3.63, 3.8) is 0 Å². The maximum atomic E-state index is 12.6. The van der Waals surface area contributed by atoms with Crippen LogP contribution in [0.3, 0.4) is 0 Å². The number of Topliss-reactive ketones (excluding diaryl/α,β-unsaturated/α-hetero) is 1. The van der Waals surface area contributed by atoms with E-state index in [4.69, 9.17) is 0 Å². The van der Waals surface area contributed by atoms with E-state index in [0.717, 1.165) is 10.8 Å². The van der Waals surface area contributed by atoms with Gasteiger partial charge in [0.2, 0.25) is 0 Å². The third kappa shape index (κ3) is 2.52. The second kappa shape index (κ2) is 5.56. The second-order valence-corrected chi connectivity index (χ2v) is 4.74. The Labute approximate surface area is 122 Å². The number of carbonyl (C=O) groups is 1. The Morgan fingerprint density at radius 2 is 1.76 bits per heavy atom. The van der Waals surface area contributed by atoms with E-state index in [9.17, 15) is 10.1 Å². The molecule has 0 radical (unpaired) electrons. The minimum absolute atomic E-state index is 0.220. The van der Waals surface area contributed by atoms with E-state index in [1.807, 2.05) is 36.4 Å². The van der Waals surface area contributed by atoms with Gasteiger partial charge >= 0.3 is 0 Å². The summed E-state index contributed by atoms with van der Waals surface area (Å²) in [4.78, 5) is 16.7. The molecule has 1 heterocycles. The molecule has 3 heteroatoms. The molecule has 0 spiro atoms. The number of hydrogen-bond acceptors (Lipinski definition) is 3. The molecule has 100 valence electrons. The molecule has 2 aromatic carbocycles. The Morgan fingerprint density at radius 1 is 1.00 bits per heavy atom. The molecule has 0 amide bonds. The highest BCUT2D eigenvalue weighted by Gasteiger charge is 2.22. The zero-order valence-electron chi connectivity index (χ0n) is 11.2. The van der Waals surface area contributed by atoms with Crippen LogP contribution in [-0.2, 0) is 0 Å². The molecule has 0 aliphatic rings. The predicted molar refractivity (Wildman–Crippen MR) is 80.9 cm³/mol. The van der Waals surface area contributed by atoms with Crippen molar-refractivity contribution in [1.82, 2.24) is 4.98 Å². The predicted octanol–water partition coefficient (Wildman–Crippen LogP) is 3.72. The second-order valence-electron chi connectivity index (χ2n) is 4.74. The summed E-state index contributed by atoms with van der Waals surface area (Å²) in [6.07, 6.45) is 1.59. The molecule has 1 atom stereocenters. The molecular weight excluding hydrogens is 260 g/mol. The van der Waals surface area contributed by atoms with Crippen molar-refractivity contribution < 1.29 is 4.79 Å². The molecule has 21 heavy (non-hydrogen) atoms. The highest BCUT2D eigenvalue weighted by atomic mass is 16.1. The number of nitriles is 1. The number of ketones is 1. The highest BCUT2D eigenvalue weighted by molar-refractivity contribution is 6.05. The van der Waals surface area contributed by atoms with Crippen molar-refractivity contribution >= 4 is 16.6 Å². The molecule has 0 saturated carbocycles. The van der Waals surface area contributed by atoms with Crippen molar-refractivity contribution in [3.8, 4) is 6.07 Å². The lowest BCUT2D eigenvalue weighted by Crippen LogP contribution is -2.12. The first-order valence-electron chi connectivity index (χ1n) is 6.63. The Kier molecular flexibility index (Phi) is 3.44. The first kappa shape index (κ1) is 13.0. The fourth-order valence-electron chi connectivity index (χ4n) is 2.32. The van der Waals surface area contributed by atoms with Crippen molar-refractivity contribution in [3.05, 3.63) is 78.1 Å². The summed E-state index contributed by atoms with van der Waals surface area (Å²) in [7, 11) is 0. The number of benzene rings is 2. The van der Waals surface area contributed by atoms with Crippen LogP contribution in [0.25, 0.3) is 10.8 Å². The zero-order chi connectivity index (χ0) is 14.7. The maximum absolute atomic E-state index is 12.6. The summed E-state index contributed by atoms with van der Waals surface area (Å²) in [5, 5.41) is 11.4. The lowest BCUT2D eigenvalue weighted by Gasteiger charge is -2.08. The van der Waals surface area contributed by atoms with Gasteiger partial charge in [-0.1, -0.05) is 42.5 Å². The smallest absolute Gasteiger partial charge is 0.186 e. The summed E-state index contributed by atoms with van der Waals surface area (Å²) < 4.78 is 0. The van der Waals surface area contributed by atoms with E-state index in [-0.39, 0.29) is 5.78 Å². The van der Waals surface area contributed by atoms with Crippen LogP contribution < -0.4 is 0 Å². The van der Waals surface area contributed by atoms with Crippen LogP contribution in [0.1, 0.15) is 22.0 Å². The van der Waals surface area contributed by atoms with E-state index in [1.54, 1.807) is 30.5 Å². The molecule has 0 fully saturated rings. The van der Waals surface area contributed by atoms with E-state index in [1.165, 1.54) is 0 Å². The monoisotopic (exact) mass is 272 g/mol. The Morgan fingerprint density at radius 3 is 2.48 bits per heavy atom. The first-order chi connectivity index (χ1) is 10.3. The lowest BCUT2D eigenvalue weighted by molar-refractivity contribution is 0.0977. The van der Waals surface area contributed by atoms with Crippen LogP contribution in [0, 0.1) is 11.3 Å². The summed E-state index contributed by atoms with van der Waals surface area (Å²) >= 11 is 0. The molecule has 0 saturated heterocycles. The Balaban J connectivity index is 2.01. The quantitative estimate of drug-likeness (QED) is 0.683. The Hall–Kier alpha value is -2.99. The molecular formula is C18H12N2O. The summed E-state index contributed by atoms with van der Waals surface area (Å²) in [5.74, 6) is -1.09. The summed E-state index contributed by atoms with van der Waals surface area (Å²) in [6, 6.07) is 20.6. The van der Waals surface area contributed by atoms with Crippen LogP contribution in [0.4, 0.5) is 0 Å². The van der Waals surface area contributed by atoms with Crippen LogP contribution in [0.15, 0.2) is 66.9 Å². The zero-order valence-corrected chi connectivity index (χ0v) is 11.2.